The summed E-state index contributed by atoms with van der Waals surface area (Å²) in [4.78, 5) is 0. The number of rotatable bonds is 2. The number of benzene rings is 5. The van der Waals surface area contributed by atoms with Gasteiger partial charge in [-0.05, 0) is 98.4 Å². The van der Waals surface area contributed by atoms with Gasteiger partial charge in [0.05, 0.1) is 11.0 Å². The van der Waals surface area contributed by atoms with Crippen molar-refractivity contribution in [3.63, 3.8) is 0 Å². The van der Waals surface area contributed by atoms with Crippen molar-refractivity contribution in [2.75, 3.05) is 0 Å². The number of fused-ring (bicyclic) bond motifs is 7. The van der Waals surface area contributed by atoms with E-state index in [9.17, 15) is 0 Å². The van der Waals surface area contributed by atoms with Crippen molar-refractivity contribution in [3.05, 3.63) is 124 Å². The predicted molar refractivity (Wildman–Crippen MR) is 156 cm³/mol. The van der Waals surface area contributed by atoms with E-state index >= 15 is 0 Å². The van der Waals surface area contributed by atoms with Gasteiger partial charge in [0, 0.05) is 25.4 Å². The van der Waals surface area contributed by atoms with Gasteiger partial charge < -0.3 is 4.57 Å². The van der Waals surface area contributed by atoms with Gasteiger partial charge in [0.1, 0.15) is 0 Å². The summed E-state index contributed by atoms with van der Waals surface area (Å²) in [5, 5.41) is 2.69. The van der Waals surface area contributed by atoms with Crippen LogP contribution in [0.1, 0.15) is 25.0 Å². The zero-order chi connectivity index (χ0) is 23.7. The van der Waals surface area contributed by atoms with Crippen LogP contribution in [-0.4, -0.2) is 4.57 Å². The van der Waals surface area contributed by atoms with E-state index in [-0.39, 0.29) is 5.41 Å². The Balaban J connectivity index is 1.63. The van der Waals surface area contributed by atoms with Crippen LogP contribution in [-0.2, 0) is 5.41 Å². The molecule has 35 heavy (non-hydrogen) atoms. The van der Waals surface area contributed by atoms with E-state index in [4.69, 9.17) is 0 Å². The van der Waals surface area contributed by atoms with E-state index < -0.39 is 0 Å². The third-order valence-corrected chi connectivity index (χ3v) is 8.36. The van der Waals surface area contributed by atoms with E-state index in [0.29, 0.717) is 0 Å². The summed E-state index contributed by atoms with van der Waals surface area (Å²) in [5.41, 5.74) is 11.7. The first-order valence-electron chi connectivity index (χ1n) is 12.1. The third-order valence-electron chi connectivity index (χ3n) is 7.64. The average molecular weight is 561 g/mol. The lowest BCUT2D eigenvalue weighted by atomic mass is 9.80. The fourth-order valence-electron chi connectivity index (χ4n) is 6.06. The second-order valence-electron chi connectivity index (χ2n) is 9.96. The molecule has 0 unspecified atom stereocenters. The van der Waals surface area contributed by atoms with Crippen molar-refractivity contribution < 1.29 is 0 Å². The maximum Gasteiger partial charge on any atom is 0.0544 e. The van der Waals surface area contributed by atoms with E-state index in [0.717, 1.165) is 0 Å². The molecule has 0 spiro atoms. The van der Waals surface area contributed by atoms with Gasteiger partial charge in [0.15, 0.2) is 0 Å². The van der Waals surface area contributed by atoms with Crippen LogP contribution in [0.4, 0.5) is 0 Å². The first-order chi connectivity index (χ1) is 17.0. The fourth-order valence-corrected chi connectivity index (χ4v) is 6.42. The van der Waals surface area contributed by atoms with Crippen molar-refractivity contribution in [2.24, 2.45) is 0 Å². The van der Waals surface area contributed by atoms with E-state index in [1.807, 2.05) is 0 Å². The largest absolute Gasteiger partial charge is 0.309 e. The Bertz CT molecular complexity index is 1760. The highest BCUT2D eigenvalue weighted by molar-refractivity contribution is 14.1. The van der Waals surface area contributed by atoms with Crippen molar-refractivity contribution in [1.82, 2.24) is 4.57 Å². The van der Waals surface area contributed by atoms with Crippen LogP contribution in [0.3, 0.4) is 0 Å². The van der Waals surface area contributed by atoms with Gasteiger partial charge in [-0.3, -0.25) is 0 Å². The minimum absolute atomic E-state index is 0.0693. The van der Waals surface area contributed by atoms with Gasteiger partial charge in [-0.2, -0.15) is 0 Å². The number of para-hydroxylation sites is 1. The molecule has 0 amide bonds. The van der Waals surface area contributed by atoms with Crippen LogP contribution in [0, 0.1) is 3.57 Å². The van der Waals surface area contributed by atoms with Crippen molar-refractivity contribution in [3.8, 4) is 27.9 Å². The highest BCUT2D eigenvalue weighted by atomic mass is 127. The Morgan fingerprint density at radius 2 is 1.31 bits per heavy atom. The lowest BCUT2D eigenvalue weighted by Crippen LogP contribution is -2.15. The minimum atomic E-state index is -0.0693. The molecular formula is C33H24IN. The van der Waals surface area contributed by atoms with Gasteiger partial charge in [-0.1, -0.05) is 80.6 Å². The minimum Gasteiger partial charge on any atom is -0.309 e. The standard InChI is InChI=1S/C33H24IN/c1-33(2)28-11-7-6-10-25(28)26-17-19-30-31(32(26)33)27-20-22(21-12-15-23(34)16-13-21)14-18-29(27)35(30)24-8-4-3-5-9-24/h3-20H,1-2H3. The van der Waals surface area contributed by atoms with Crippen LogP contribution < -0.4 is 0 Å². The monoisotopic (exact) mass is 561 g/mol. The van der Waals surface area contributed by atoms with Crippen LogP contribution in [0.2, 0.25) is 0 Å². The zero-order valence-corrected chi connectivity index (χ0v) is 21.9. The van der Waals surface area contributed by atoms with Crippen molar-refractivity contribution in [1.29, 1.82) is 0 Å². The van der Waals surface area contributed by atoms with Gasteiger partial charge in [0.2, 0.25) is 0 Å². The van der Waals surface area contributed by atoms with Crippen LogP contribution in [0.5, 0.6) is 0 Å². The summed E-state index contributed by atoms with van der Waals surface area (Å²) >= 11 is 2.37. The molecule has 0 aliphatic heterocycles. The highest BCUT2D eigenvalue weighted by Crippen LogP contribution is 2.53. The summed E-state index contributed by atoms with van der Waals surface area (Å²) < 4.78 is 3.69. The lowest BCUT2D eigenvalue weighted by Gasteiger charge is -2.22. The molecule has 0 saturated carbocycles. The number of halogens is 1. The number of hydrogen-bond donors (Lipinski definition) is 0. The molecule has 5 aromatic carbocycles. The second kappa shape index (κ2) is 7.56. The average Bonchev–Trinajstić information content (AvgIpc) is 3.34. The van der Waals surface area contributed by atoms with Crippen LogP contribution in [0.25, 0.3) is 49.7 Å². The SMILES string of the molecule is CC1(C)c2ccccc2-c2ccc3c(c21)c1cc(-c2ccc(I)cc2)ccc1n3-c1ccccc1. The summed E-state index contributed by atoms with van der Waals surface area (Å²) in [6.07, 6.45) is 0. The third kappa shape index (κ3) is 2.99. The maximum absolute atomic E-state index is 2.43. The van der Waals surface area contributed by atoms with Gasteiger partial charge in [-0.15, -0.1) is 0 Å². The molecular weight excluding hydrogens is 537 g/mol. The topological polar surface area (TPSA) is 4.93 Å². The molecule has 7 rings (SSSR count). The molecule has 1 aliphatic carbocycles. The summed E-state index contributed by atoms with van der Waals surface area (Å²) in [6, 6.07) is 40.1. The summed E-state index contributed by atoms with van der Waals surface area (Å²) in [7, 11) is 0. The summed E-state index contributed by atoms with van der Waals surface area (Å²) in [5.74, 6) is 0. The van der Waals surface area contributed by atoms with Crippen molar-refractivity contribution in [2.45, 2.75) is 19.3 Å². The summed E-state index contributed by atoms with van der Waals surface area (Å²) in [6.45, 7) is 4.76. The van der Waals surface area contributed by atoms with Crippen LogP contribution >= 0.6 is 22.6 Å². The first kappa shape index (κ1) is 21.0. The molecule has 1 aromatic heterocycles. The number of hydrogen-bond acceptors (Lipinski definition) is 0. The van der Waals surface area contributed by atoms with Gasteiger partial charge >= 0.3 is 0 Å². The van der Waals surface area contributed by atoms with Crippen molar-refractivity contribution >= 4 is 44.4 Å². The van der Waals surface area contributed by atoms with Gasteiger partial charge in [-0.25, -0.2) is 0 Å². The molecule has 168 valence electrons. The lowest BCUT2D eigenvalue weighted by molar-refractivity contribution is 0.666. The smallest absolute Gasteiger partial charge is 0.0544 e. The molecule has 2 heteroatoms. The van der Waals surface area contributed by atoms with Crippen LogP contribution in [0.15, 0.2) is 109 Å². The van der Waals surface area contributed by atoms with E-state index in [2.05, 4.69) is 150 Å². The molecule has 1 nitrogen and oxygen atoms in total. The molecule has 0 bridgehead atoms. The Morgan fingerprint density at radius 1 is 0.629 bits per heavy atom. The van der Waals surface area contributed by atoms with E-state index in [1.54, 1.807) is 0 Å². The fraction of sp³-hybridized carbons (Fsp3) is 0.0909. The Kier molecular flexibility index (Phi) is 4.53. The quantitative estimate of drug-likeness (QED) is 0.186. The molecule has 1 heterocycles. The Labute approximate surface area is 219 Å². The zero-order valence-electron chi connectivity index (χ0n) is 19.7. The molecule has 0 radical (unpaired) electrons. The van der Waals surface area contributed by atoms with Gasteiger partial charge in [0.25, 0.3) is 0 Å². The normalized spacial score (nSPS) is 13.8. The molecule has 1 aliphatic rings. The second-order valence-corrected chi connectivity index (χ2v) is 11.2. The number of aromatic nitrogens is 1. The maximum atomic E-state index is 2.43. The van der Waals surface area contributed by atoms with E-state index in [1.165, 1.54) is 64.4 Å². The Morgan fingerprint density at radius 3 is 2.11 bits per heavy atom. The highest BCUT2D eigenvalue weighted by Gasteiger charge is 2.38. The molecule has 0 saturated heterocycles. The predicted octanol–water partition coefficient (Wildman–Crippen LogP) is 9.36. The molecule has 0 N–H and O–H groups in total. The molecule has 0 fully saturated rings. The first-order valence-corrected chi connectivity index (χ1v) is 13.1. The Hall–Kier alpha value is -3.37. The number of nitrogens with zero attached hydrogens (tertiary/aromatic N) is 1. The molecule has 0 atom stereocenters. The molecule has 6 aromatic rings.